The van der Waals surface area contributed by atoms with Gasteiger partial charge in [0.25, 0.3) is 0 Å². The van der Waals surface area contributed by atoms with E-state index in [9.17, 15) is 9.59 Å². The maximum absolute atomic E-state index is 11.8. The molecule has 0 N–H and O–H groups in total. The molecule has 120 valence electrons. The van der Waals surface area contributed by atoms with Gasteiger partial charge in [0.2, 0.25) is 0 Å². The van der Waals surface area contributed by atoms with Crippen LogP contribution in [0.2, 0.25) is 0 Å². The maximum atomic E-state index is 11.8. The molecule has 0 radical (unpaired) electrons. The van der Waals surface area contributed by atoms with E-state index in [1.54, 1.807) is 0 Å². The van der Waals surface area contributed by atoms with Gasteiger partial charge in [-0.2, -0.15) is 0 Å². The van der Waals surface area contributed by atoms with Gasteiger partial charge in [-0.3, -0.25) is 0 Å². The van der Waals surface area contributed by atoms with Crippen molar-refractivity contribution in [1.82, 2.24) is 0 Å². The molecule has 0 spiro atoms. The third-order valence-corrected chi connectivity index (χ3v) is 3.62. The summed E-state index contributed by atoms with van der Waals surface area (Å²) < 4.78 is 10.0. The van der Waals surface area contributed by atoms with Crippen LogP contribution in [0.1, 0.15) is 11.1 Å². The molecule has 3 rings (SSSR count). The second-order valence-corrected chi connectivity index (χ2v) is 5.28. The Hall–Kier alpha value is -3.14. The van der Waals surface area contributed by atoms with Gasteiger partial charge < -0.3 is 9.47 Å². The zero-order chi connectivity index (χ0) is 16.8. The molecule has 0 saturated heterocycles. The molecule has 24 heavy (non-hydrogen) atoms. The van der Waals surface area contributed by atoms with Gasteiger partial charge in [-0.1, -0.05) is 72.8 Å². The fourth-order valence-electron chi connectivity index (χ4n) is 2.40. The summed E-state index contributed by atoms with van der Waals surface area (Å²) in [4.78, 5) is 23.5. The topological polar surface area (TPSA) is 52.6 Å². The molecule has 0 unspecified atom stereocenters. The van der Waals surface area contributed by atoms with Crippen molar-refractivity contribution in [2.45, 2.75) is 13.2 Å². The van der Waals surface area contributed by atoms with Crippen LogP contribution in [-0.4, -0.2) is 11.9 Å². The predicted molar refractivity (Wildman–Crippen MR) is 90.0 cm³/mol. The molecule has 0 saturated carbocycles. The van der Waals surface area contributed by atoms with Crippen LogP contribution in [0.4, 0.5) is 0 Å². The van der Waals surface area contributed by atoms with Crippen LogP contribution in [0, 0.1) is 0 Å². The Labute approximate surface area is 139 Å². The maximum Gasteiger partial charge on any atom is 0.417 e. The number of benzene rings is 3. The standard InChI is InChI=1S/C20H16O4/c21-19(23-13-15-7-2-1-3-8-15)20(22)24-14-17-11-6-10-16-9-4-5-12-18(16)17/h1-12H,13-14H2. The average molecular weight is 320 g/mol. The third-order valence-electron chi connectivity index (χ3n) is 3.62. The Balaban J connectivity index is 1.57. The van der Waals surface area contributed by atoms with Gasteiger partial charge in [-0.25, -0.2) is 9.59 Å². The first-order valence-electron chi connectivity index (χ1n) is 7.58. The van der Waals surface area contributed by atoms with Crippen LogP contribution < -0.4 is 0 Å². The van der Waals surface area contributed by atoms with E-state index in [1.165, 1.54) is 0 Å². The first-order chi connectivity index (χ1) is 11.7. The number of hydrogen-bond acceptors (Lipinski definition) is 4. The van der Waals surface area contributed by atoms with Gasteiger partial charge >= 0.3 is 11.9 Å². The van der Waals surface area contributed by atoms with Crippen molar-refractivity contribution in [2.75, 3.05) is 0 Å². The van der Waals surface area contributed by atoms with Crippen LogP contribution in [0.3, 0.4) is 0 Å². The lowest BCUT2D eigenvalue weighted by molar-refractivity contribution is -0.169. The van der Waals surface area contributed by atoms with Crippen LogP contribution in [0.5, 0.6) is 0 Å². The lowest BCUT2D eigenvalue weighted by Crippen LogP contribution is -2.20. The molecule has 0 aliphatic heterocycles. The normalized spacial score (nSPS) is 10.3. The minimum Gasteiger partial charge on any atom is -0.452 e. The molecule has 0 aliphatic rings. The van der Waals surface area contributed by atoms with Crippen molar-refractivity contribution in [1.29, 1.82) is 0 Å². The second-order valence-electron chi connectivity index (χ2n) is 5.28. The highest BCUT2D eigenvalue weighted by atomic mass is 16.6. The summed E-state index contributed by atoms with van der Waals surface area (Å²) in [6.07, 6.45) is 0. The Morgan fingerprint density at radius 3 is 2.08 bits per heavy atom. The van der Waals surface area contributed by atoms with Crippen molar-refractivity contribution < 1.29 is 19.1 Å². The quantitative estimate of drug-likeness (QED) is 0.544. The molecule has 0 heterocycles. The minimum absolute atomic E-state index is 0.0284. The van der Waals surface area contributed by atoms with Gasteiger partial charge in [0, 0.05) is 0 Å². The molecule has 4 heteroatoms. The van der Waals surface area contributed by atoms with E-state index in [0.717, 1.165) is 21.9 Å². The second kappa shape index (κ2) is 7.42. The molecule has 0 bridgehead atoms. The van der Waals surface area contributed by atoms with Crippen molar-refractivity contribution in [2.24, 2.45) is 0 Å². The molecular weight excluding hydrogens is 304 g/mol. The van der Waals surface area contributed by atoms with E-state index in [4.69, 9.17) is 9.47 Å². The van der Waals surface area contributed by atoms with Crippen molar-refractivity contribution in [3.63, 3.8) is 0 Å². The Morgan fingerprint density at radius 1 is 0.667 bits per heavy atom. The van der Waals surface area contributed by atoms with Crippen molar-refractivity contribution >= 4 is 22.7 Å². The molecule has 0 aliphatic carbocycles. The SMILES string of the molecule is O=C(OCc1ccccc1)C(=O)OCc1cccc2ccccc12. The fourth-order valence-corrected chi connectivity index (χ4v) is 2.40. The van der Waals surface area contributed by atoms with Gasteiger partial charge in [0.15, 0.2) is 0 Å². The van der Waals surface area contributed by atoms with Crippen LogP contribution in [-0.2, 0) is 32.3 Å². The molecule has 0 aromatic heterocycles. The largest absolute Gasteiger partial charge is 0.452 e. The number of carbonyl (C=O) groups is 2. The number of ether oxygens (including phenoxy) is 2. The molecule has 3 aromatic carbocycles. The Bertz CT molecular complexity index is 850. The fraction of sp³-hybridized carbons (Fsp3) is 0.100. The highest BCUT2D eigenvalue weighted by Gasteiger charge is 2.17. The smallest absolute Gasteiger partial charge is 0.417 e. The minimum atomic E-state index is -0.987. The molecule has 0 atom stereocenters. The molecule has 0 amide bonds. The van der Waals surface area contributed by atoms with Crippen molar-refractivity contribution in [3.05, 3.63) is 83.9 Å². The molecular formula is C20H16O4. The Kier molecular flexibility index (Phi) is 4.87. The van der Waals surface area contributed by atoms with E-state index in [-0.39, 0.29) is 13.2 Å². The molecule has 0 fully saturated rings. The number of hydrogen-bond donors (Lipinski definition) is 0. The van der Waals surface area contributed by atoms with Crippen LogP contribution in [0.15, 0.2) is 72.8 Å². The molecule has 4 nitrogen and oxygen atoms in total. The highest BCUT2D eigenvalue weighted by Crippen LogP contribution is 2.19. The predicted octanol–water partition coefficient (Wildman–Crippen LogP) is 3.63. The van der Waals surface area contributed by atoms with Gasteiger partial charge in [-0.05, 0) is 21.9 Å². The number of carbonyl (C=O) groups excluding carboxylic acids is 2. The first kappa shape index (κ1) is 15.7. The van der Waals surface area contributed by atoms with Gasteiger partial charge in [0.1, 0.15) is 13.2 Å². The third kappa shape index (κ3) is 3.79. The lowest BCUT2D eigenvalue weighted by atomic mass is 10.1. The average Bonchev–Trinajstić information content (AvgIpc) is 2.65. The van der Waals surface area contributed by atoms with E-state index in [1.807, 2.05) is 72.8 Å². The van der Waals surface area contributed by atoms with Crippen molar-refractivity contribution in [3.8, 4) is 0 Å². The summed E-state index contributed by atoms with van der Waals surface area (Å²) >= 11 is 0. The number of esters is 2. The monoisotopic (exact) mass is 320 g/mol. The zero-order valence-electron chi connectivity index (χ0n) is 13.0. The lowest BCUT2D eigenvalue weighted by Gasteiger charge is -2.08. The summed E-state index contributed by atoms with van der Waals surface area (Å²) in [5, 5.41) is 2.04. The summed E-state index contributed by atoms with van der Waals surface area (Å²) in [5.74, 6) is -1.97. The van der Waals surface area contributed by atoms with E-state index in [2.05, 4.69) is 0 Å². The zero-order valence-corrected chi connectivity index (χ0v) is 13.0. The van der Waals surface area contributed by atoms with E-state index < -0.39 is 11.9 Å². The van der Waals surface area contributed by atoms with Gasteiger partial charge in [0.05, 0.1) is 0 Å². The Morgan fingerprint density at radius 2 is 1.29 bits per heavy atom. The highest BCUT2D eigenvalue weighted by molar-refractivity contribution is 6.29. The van der Waals surface area contributed by atoms with E-state index in [0.29, 0.717) is 0 Å². The van der Waals surface area contributed by atoms with E-state index >= 15 is 0 Å². The number of rotatable bonds is 4. The van der Waals surface area contributed by atoms with Crippen LogP contribution >= 0.6 is 0 Å². The number of fused-ring (bicyclic) bond motifs is 1. The van der Waals surface area contributed by atoms with Gasteiger partial charge in [-0.15, -0.1) is 0 Å². The summed E-state index contributed by atoms with van der Waals surface area (Å²) in [5.41, 5.74) is 1.66. The summed E-state index contributed by atoms with van der Waals surface area (Å²) in [7, 11) is 0. The summed E-state index contributed by atoms with van der Waals surface area (Å²) in [6.45, 7) is 0.0731. The molecule has 3 aromatic rings. The first-order valence-corrected chi connectivity index (χ1v) is 7.58. The van der Waals surface area contributed by atoms with Crippen LogP contribution in [0.25, 0.3) is 10.8 Å². The summed E-state index contributed by atoms with van der Waals surface area (Å²) in [6, 6.07) is 22.7.